The molecule has 1 atom stereocenters. The number of nitrogens with one attached hydrogen (secondary N) is 1. The van der Waals surface area contributed by atoms with Crippen molar-refractivity contribution >= 4 is 45.2 Å². The molecule has 1 unspecified atom stereocenters. The number of H-pyrrole nitrogens is 1. The van der Waals surface area contributed by atoms with E-state index in [0.29, 0.717) is 27.8 Å². The fourth-order valence-electron chi connectivity index (χ4n) is 3.94. The predicted octanol–water partition coefficient (Wildman–Crippen LogP) is 3.21. The predicted molar refractivity (Wildman–Crippen MR) is 107 cm³/mol. The van der Waals surface area contributed by atoms with Gasteiger partial charge in [-0.05, 0) is 40.1 Å². The second-order valence-corrected chi connectivity index (χ2v) is 7.50. The average molecular weight is 401 g/mol. The Hall–Kier alpha value is -4.01. The minimum atomic E-state index is -0.733. The smallest absolute Gasteiger partial charge is 0.300 e. The second-order valence-electron chi connectivity index (χ2n) is 7.50. The molecule has 1 aliphatic heterocycles. The van der Waals surface area contributed by atoms with Crippen molar-refractivity contribution in [2.45, 2.75) is 25.3 Å². The summed E-state index contributed by atoms with van der Waals surface area (Å²) >= 11 is 0. The van der Waals surface area contributed by atoms with Gasteiger partial charge >= 0.3 is 0 Å². The van der Waals surface area contributed by atoms with Crippen molar-refractivity contribution in [3.8, 4) is 0 Å². The zero-order chi connectivity index (χ0) is 20.4. The summed E-state index contributed by atoms with van der Waals surface area (Å²) in [5.74, 6) is -1.67. The molecule has 1 saturated heterocycles. The van der Waals surface area contributed by atoms with E-state index in [-0.39, 0.29) is 11.3 Å². The zero-order valence-electron chi connectivity index (χ0n) is 15.6. The number of Topliss-reactive ketones (excluding diaryl/α,β-unsaturated/α-hetero) is 1. The summed E-state index contributed by atoms with van der Waals surface area (Å²) in [4.78, 5) is 33.9. The van der Waals surface area contributed by atoms with Gasteiger partial charge in [0.2, 0.25) is 0 Å². The highest BCUT2D eigenvalue weighted by Gasteiger charge is 2.52. The number of nitrogens with zero attached hydrogens (tertiary/aromatic N) is 4. The number of aliphatic hydroxyl groups is 1. The van der Waals surface area contributed by atoms with Crippen molar-refractivity contribution < 1.29 is 19.3 Å². The Morgan fingerprint density at radius 1 is 1.07 bits per heavy atom. The molecule has 4 aromatic rings. The third kappa shape index (κ3) is 2.25. The third-order valence-electron chi connectivity index (χ3n) is 5.47. The normalized spacial score (nSPS) is 19.3. The van der Waals surface area contributed by atoms with Crippen molar-refractivity contribution in [2.24, 2.45) is 0 Å². The molecule has 3 aliphatic rings. The lowest BCUT2D eigenvalue weighted by atomic mass is 10.0. The minimum Gasteiger partial charge on any atom is -0.507 e. The number of anilines is 1. The summed E-state index contributed by atoms with van der Waals surface area (Å²) in [5.41, 5.74) is 3.87. The van der Waals surface area contributed by atoms with Gasteiger partial charge in [0.25, 0.3) is 11.7 Å². The van der Waals surface area contributed by atoms with E-state index in [4.69, 9.17) is 4.63 Å². The van der Waals surface area contributed by atoms with Crippen LogP contribution in [0.15, 0.2) is 46.9 Å². The molecule has 148 valence electrons. The maximum absolute atomic E-state index is 12.7. The maximum Gasteiger partial charge on any atom is 0.300 e. The van der Waals surface area contributed by atoms with Crippen LogP contribution in [0.4, 0.5) is 5.69 Å². The molecule has 0 bridgehead atoms. The molecule has 9 nitrogen and oxygen atoms in total. The van der Waals surface area contributed by atoms with E-state index in [1.165, 1.54) is 24.2 Å². The number of hydrogen-bond donors (Lipinski definition) is 2. The number of ketones is 1. The standard InChI is InChI=1S/C18H9N5O4.C3H6/c24-16-12-8(2-4-10-14(12)22-27-21-10)15-13(16)17(25)18(26)23(15)7-1-3-9-11(5-7)20-6-19-9;1-2-3-1/h1-6,15,24H,(H,19,20);1-3H2. The van der Waals surface area contributed by atoms with Gasteiger partial charge in [-0.3, -0.25) is 14.5 Å². The van der Waals surface area contributed by atoms with Crippen LogP contribution >= 0.6 is 0 Å². The first-order valence-corrected chi connectivity index (χ1v) is 9.65. The summed E-state index contributed by atoms with van der Waals surface area (Å²) in [5, 5.41) is 18.3. The summed E-state index contributed by atoms with van der Waals surface area (Å²) in [7, 11) is 0. The van der Waals surface area contributed by atoms with Crippen molar-refractivity contribution in [1.29, 1.82) is 0 Å². The average Bonchev–Trinajstić information content (AvgIpc) is 3.24. The number of aliphatic hydroxyl groups excluding tert-OH is 1. The van der Waals surface area contributed by atoms with Gasteiger partial charge in [0.1, 0.15) is 16.8 Å². The highest BCUT2D eigenvalue weighted by molar-refractivity contribution is 6.52. The van der Waals surface area contributed by atoms with Crippen LogP contribution < -0.4 is 4.90 Å². The summed E-state index contributed by atoms with van der Waals surface area (Å²) < 4.78 is 4.75. The molecule has 2 fully saturated rings. The van der Waals surface area contributed by atoms with Gasteiger partial charge < -0.3 is 10.1 Å². The number of rotatable bonds is 1. The Kier molecular flexibility index (Phi) is 3.38. The number of fused-ring (bicyclic) bond motifs is 6. The van der Waals surface area contributed by atoms with E-state index in [1.54, 1.807) is 36.7 Å². The Morgan fingerprint density at radius 2 is 1.87 bits per heavy atom. The van der Waals surface area contributed by atoms with Gasteiger partial charge in [-0.25, -0.2) is 9.61 Å². The topological polar surface area (TPSA) is 125 Å². The highest BCUT2D eigenvalue weighted by Crippen LogP contribution is 2.50. The second kappa shape index (κ2) is 5.99. The number of benzene rings is 2. The van der Waals surface area contributed by atoms with Crippen molar-refractivity contribution in [3.05, 3.63) is 53.4 Å². The van der Waals surface area contributed by atoms with Crippen LogP contribution in [0.3, 0.4) is 0 Å². The van der Waals surface area contributed by atoms with Gasteiger partial charge in [0.15, 0.2) is 0 Å². The molecule has 2 aromatic heterocycles. The van der Waals surface area contributed by atoms with Crippen molar-refractivity contribution in [2.75, 3.05) is 4.90 Å². The van der Waals surface area contributed by atoms with E-state index in [9.17, 15) is 14.7 Å². The molecule has 2 aliphatic carbocycles. The number of carbonyl (C=O) groups excluding carboxylic acids is 2. The molecule has 0 radical (unpaired) electrons. The van der Waals surface area contributed by atoms with Gasteiger partial charge in [0.05, 0.1) is 34.5 Å². The molecule has 3 heterocycles. The van der Waals surface area contributed by atoms with Gasteiger partial charge in [-0.15, -0.1) is 0 Å². The number of aromatic amines is 1. The Bertz CT molecular complexity index is 1390. The largest absolute Gasteiger partial charge is 0.507 e. The third-order valence-corrected chi connectivity index (χ3v) is 5.47. The quantitative estimate of drug-likeness (QED) is 0.469. The molecule has 9 heteroatoms. The summed E-state index contributed by atoms with van der Waals surface area (Å²) in [6, 6.07) is 7.93. The summed E-state index contributed by atoms with van der Waals surface area (Å²) in [6.07, 6.45) is 6.06. The van der Waals surface area contributed by atoms with E-state index >= 15 is 0 Å². The number of carbonyl (C=O) groups is 2. The van der Waals surface area contributed by atoms with Crippen LogP contribution in [0.5, 0.6) is 0 Å². The van der Waals surface area contributed by atoms with E-state index in [1.807, 2.05) is 0 Å². The molecule has 1 saturated carbocycles. The van der Waals surface area contributed by atoms with Gasteiger partial charge in [0, 0.05) is 5.69 Å². The monoisotopic (exact) mass is 401 g/mol. The van der Waals surface area contributed by atoms with E-state index in [0.717, 1.165) is 11.0 Å². The first kappa shape index (κ1) is 16.9. The molecular weight excluding hydrogens is 386 g/mol. The molecule has 0 spiro atoms. The first-order chi connectivity index (χ1) is 14.6. The molecule has 30 heavy (non-hydrogen) atoms. The highest BCUT2D eigenvalue weighted by atomic mass is 16.6. The Balaban J connectivity index is 0.000000539. The minimum absolute atomic E-state index is 0.0511. The van der Waals surface area contributed by atoms with Crippen LogP contribution in [-0.2, 0) is 9.59 Å². The number of hydrogen-bond acceptors (Lipinski definition) is 7. The van der Waals surface area contributed by atoms with E-state index in [2.05, 4.69) is 20.3 Å². The number of amides is 1. The first-order valence-electron chi connectivity index (χ1n) is 9.65. The fraction of sp³-hybridized carbons (Fsp3) is 0.190. The fourth-order valence-corrected chi connectivity index (χ4v) is 3.94. The van der Waals surface area contributed by atoms with Gasteiger partial charge in [-0.2, -0.15) is 0 Å². The van der Waals surface area contributed by atoms with Crippen molar-refractivity contribution in [3.63, 3.8) is 0 Å². The maximum atomic E-state index is 12.7. The number of imidazole rings is 1. The SMILES string of the molecule is C1CC1.O=C1C(=O)N(c2ccc3nc[nH]c3c2)C2C1=C(O)c1c2ccc2nonc12. The van der Waals surface area contributed by atoms with E-state index < -0.39 is 17.7 Å². The Labute approximate surface area is 169 Å². The number of aromatic nitrogens is 4. The molecule has 2 N–H and O–H groups in total. The van der Waals surface area contributed by atoms with Gasteiger partial charge in [-0.1, -0.05) is 25.3 Å². The zero-order valence-corrected chi connectivity index (χ0v) is 15.6. The molecular formula is C21H15N5O4. The molecule has 2 aromatic carbocycles. The Morgan fingerprint density at radius 3 is 2.67 bits per heavy atom. The van der Waals surface area contributed by atoms with Crippen LogP contribution in [0, 0.1) is 0 Å². The summed E-state index contributed by atoms with van der Waals surface area (Å²) in [6.45, 7) is 0. The van der Waals surface area contributed by atoms with Crippen LogP contribution in [0.25, 0.3) is 27.8 Å². The molecule has 1 amide bonds. The lowest BCUT2D eigenvalue weighted by molar-refractivity contribution is -0.132. The lowest BCUT2D eigenvalue weighted by Gasteiger charge is -2.23. The molecule has 7 rings (SSSR count). The van der Waals surface area contributed by atoms with Crippen LogP contribution in [0.1, 0.15) is 36.4 Å². The van der Waals surface area contributed by atoms with Crippen molar-refractivity contribution in [1.82, 2.24) is 20.3 Å². The van der Waals surface area contributed by atoms with Crippen LogP contribution in [-0.4, -0.2) is 37.1 Å². The van der Waals surface area contributed by atoms with Crippen LogP contribution in [0.2, 0.25) is 0 Å². The lowest BCUT2D eigenvalue weighted by Crippen LogP contribution is -2.29.